The van der Waals surface area contributed by atoms with Crippen molar-refractivity contribution in [2.75, 3.05) is 19.6 Å². The number of β-amino-alcohol motifs (C(OH)–C–C–N with tert-alkyl or cyclic N) is 1. The summed E-state index contributed by atoms with van der Waals surface area (Å²) >= 11 is 0. The van der Waals surface area contributed by atoms with E-state index in [9.17, 15) is 5.11 Å². The quantitative estimate of drug-likeness (QED) is 0.736. The minimum Gasteiger partial charge on any atom is -0.389 e. The van der Waals surface area contributed by atoms with Crippen LogP contribution in [0.4, 0.5) is 0 Å². The van der Waals surface area contributed by atoms with Crippen molar-refractivity contribution in [3.05, 3.63) is 0 Å². The molecule has 3 nitrogen and oxygen atoms in total. The van der Waals surface area contributed by atoms with Gasteiger partial charge >= 0.3 is 0 Å². The van der Waals surface area contributed by atoms with Gasteiger partial charge in [-0.3, -0.25) is 4.90 Å². The maximum absolute atomic E-state index is 9.99. The number of fused-ring (bicyclic) bond motifs is 2. The molecule has 2 saturated heterocycles. The summed E-state index contributed by atoms with van der Waals surface area (Å²) < 4.78 is 5.75. The van der Waals surface area contributed by atoms with Crippen molar-refractivity contribution in [2.24, 2.45) is 0 Å². The van der Waals surface area contributed by atoms with Crippen LogP contribution in [-0.4, -0.2) is 47.4 Å². The number of morpholine rings is 1. The number of nitrogens with zero attached hydrogens (tertiary/aromatic N) is 1. The predicted octanol–water partition coefficient (Wildman–Crippen LogP) is 1.01. The van der Waals surface area contributed by atoms with E-state index in [2.05, 4.69) is 4.90 Å². The average molecular weight is 199 g/mol. The van der Waals surface area contributed by atoms with Crippen molar-refractivity contribution >= 4 is 0 Å². The number of aliphatic hydroxyl groups is 1. The third kappa shape index (κ3) is 2.27. The summed E-state index contributed by atoms with van der Waals surface area (Å²) in [7, 11) is 0. The lowest BCUT2D eigenvalue weighted by Crippen LogP contribution is -2.49. The maximum Gasteiger partial charge on any atom is 0.0743 e. The molecule has 0 aromatic carbocycles. The van der Waals surface area contributed by atoms with Gasteiger partial charge in [-0.05, 0) is 26.2 Å². The van der Waals surface area contributed by atoms with Crippen LogP contribution >= 0.6 is 0 Å². The van der Waals surface area contributed by atoms with Gasteiger partial charge in [0.2, 0.25) is 0 Å². The molecular formula is C11H21NO2. The molecule has 3 heteroatoms. The van der Waals surface area contributed by atoms with Gasteiger partial charge in [0.05, 0.1) is 17.8 Å². The third-order valence-corrected chi connectivity index (χ3v) is 3.45. The first-order chi connectivity index (χ1) is 6.59. The topological polar surface area (TPSA) is 32.7 Å². The first kappa shape index (κ1) is 10.4. The predicted molar refractivity (Wildman–Crippen MR) is 55.2 cm³/mol. The molecule has 0 amide bonds. The Morgan fingerprint density at radius 1 is 1.36 bits per heavy atom. The fourth-order valence-electron chi connectivity index (χ4n) is 2.42. The zero-order valence-electron chi connectivity index (χ0n) is 9.20. The van der Waals surface area contributed by atoms with Gasteiger partial charge in [0.1, 0.15) is 0 Å². The lowest BCUT2D eigenvalue weighted by atomic mass is 10.0. The molecule has 0 radical (unpaired) electrons. The molecule has 2 fully saturated rings. The molecule has 3 atom stereocenters. The van der Waals surface area contributed by atoms with Gasteiger partial charge in [-0.2, -0.15) is 0 Å². The molecule has 3 unspecified atom stereocenters. The third-order valence-electron chi connectivity index (χ3n) is 3.45. The average Bonchev–Trinajstić information content (AvgIpc) is 2.45. The van der Waals surface area contributed by atoms with E-state index in [1.807, 2.05) is 13.8 Å². The first-order valence-electron chi connectivity index (χ1n) is 5.69. The maximum atomic E-state index is 9.99. The molecule has 0 aliphatic carbocycles. The van der Waals surface area contributed by atoms with Crippen LogP contribution < -0.4 is 0 Å². The van der Waals surface area contributed by atoms with Gasteiger partial charge in [-0.25, -0.2) is 0 Å². The van der Waals surface area contributed by atoms with Crippen LogP contribution in [0.2, 0.25) is 0 Å². The fourth-order valence-corrected chi connectivity index (χ4v) is 2.42. The zero-order valence-corrected chi connectivity index (χ0v) is 9.20. The molecule has 0 spiro atoms. The van der Waals surface area contributed by atoms with Crippen LogP contribution in [0.5, 0.6) is 0 Å². The minimum atomic E-state index is -0.531. The van der Waals surface area contributed by atoms with Crippen molar-refractivity contribution in [1.82, 2.24) is 4.90 Å². The second-order valence-electron chi connectivity index (χ2n) is 5.00. The molecule has 2 aliphatic heterocycles. The highest BCUT2D eigenvalue weighted by atomic mass is 16.5. The summed E-state index contributed by atoms with van der Waals surface area (Å²) in [6.07, 6.45) is 4.09. The Labute approximate surface area is 86.0 Å². The molecule has 1 N–H and O–H groups in total. The van der Waals surface area contributed by atoms with Gasteiger partial charge < -0.3 is 9.84 Å². The van der Waals surface area contributed by atoms with Crippen LogP contribution in [0, 0.1) is 0 Å². The van der Waals surface area contributed by atoms with Gasteiger partial charge in [0.15, 0.2) is 0 Å². The van der Waals surface area contributed by atoms with Gasteiger partial charge in [-0.15, -0.1) is 0 Å². The van der Waals surface area contributed by atoms with E-state index in [4.69, 9.17) is 4.74 Å². The lowest BCUT2D eigenvalue weighted by molar-refractivity contribution is -0.0673. The van der Waals surface area contributed by atoms with Gasteiger partial charge in [0, 0.05) is 19.6 Å². The Balaban J connectivity index is 1.88. The highest BCUT2D eigenvalue weighted by molar-refractivity contribution is 4.87. The smallest absolute Gasteiger partial charge is 0.0743 e. The van der Waals surface area contributed by atoms with Crippen LogP contribution in [-0.2, 0) is 4.74 Å². The van der Waals surface area contributed by atoms with E-state index < -0.39 is 5.60 Å². The standard InChI is InChI=1S/C11H21NO2/c1-3-11(2,13)8-12-6-9-4-5-10(7-12)14-9/h9-10,13H,3-8H2,1-2H3. The van der Waals surface area contributed by atoms with E-state index in [1.165, 1.54) is 12.8 Å². The van der Waals surface area contributed by atoms with E-state index >= 15 is 0 Å². The summed E-state index contributed by atoms with van der Waals surface area (Å²) in [6, 6.07) is 0. The van der Waals surface area contributed by atoms with E-state index in [0.717, 1.165) is 26.1 Å². The normalized spacial score (nSPS) is 37.1. The highest BCUT2D eigenvalue weighted by Gasteiger charge is 2.35. The number of hydrogen-bond acceptors (Lipinski definition) is 3. The van der Waals surface area contributed by atoms with Crippen LogP contribution in [0.15, 0.2) is 0 Å². The molecule has 2 rings (SSSR count). The van der Waals surface area contributed by atoms with Crippen LogP contribution in [0.1, 0.15) is 33.1 Å². The number of rotatable bonds is 3. The Morgan fingerprint density at radius 3 is 2.43 bits per heavy atom. The van der Waals surface area contributed by atoms with Crippen molar-refractivity contribution in [3.8, 4) is 0 Å². The molecule has 0 aromatic rings. The summed E-state index contributed by atoms with van der Waals surface area (Å²) in [6.45, 7) is 6.76. The molecule has 2 heterocycles. The van der Waals surface area contributed by atoms with Crippen molar-refractivity contribution < 1.29 is 9.84 Å². The van der Waals surface area contributed by atoms with Crippen molar-refractivity contribution in [3.63, 3.8) is 0 Å². The van der Waals surface area contributed by atoms with E-state index in [0.29, 0.717) is 12.2 Å². The second-order valence-corrected chi connectivity index (χ2v) is 5.00. The molecule has 2 bridgehead atoms. The first-order valence-corrected chi connectivity index (χ1v) is 5.69. The minimum absolute atomic E-state index is 0.432. The molecule has 2 aliphatic rings. The molecular weight excluding hydrogens is 178 g/mol. The summed E-state index contributed by atoms with van der Waals surface area (Å²) in [5, 5.41) is 9.99. The van der Waals surface area contributed by atoms with Gasteiger partial charge in [0.25, 0.3) is 0 Å². The van der Waals surface area contributed by atoms with Crippen molar-refractivity contribution in [2.45, 2.75) is 50.9 Å². The Bertz CT molecular complexity index is 193. The van der Waals surface area contributed by atoms with E-state index in [1.54, 1.807) is 0 Å². The Morgan fingerprint density at radius 2 is 1.93 bits per heavy atom. The Hall–Kier alpha value is -0.120. The molecule has 82 valence electrons. The molecule has 0 aromatic heterocycles. The number of likely N-dealkylation sites (tertiary alicyclic amines) is 1. The molecule has 14 heavy (non-hydrogen) atoms. The van der Waals surface area contributed by atoms with Crippen LogP contribution in [0.25, 0.3) is 0 Å². The largest absolute Gasteiger partial charge is 0.389 e. The number of hydrogen-bond donors (Lipinski definition) is 1. The number of ether oxygens (including phenoxy) is 1. The summed E-state index contributed by atoms with van der Waals surface area (Å²) in [5.74, 6) is 0. The summed E-state index contributed by atoms with van der Waals surface area (Å²) in [4.78, 5) is 2.36. The SMILES string of the molecule is CCC(C)(O)CN1CC2CCC(C1)O2. The fraction of sp³-hybridized carbons (Fsp3) is 1.00. The zero-order chi connectivity index (χ0) is 10.2. The Kier molecular flexibility index (Phi) is 2.82. The van der Waals surface area contributed by atoms with E-state index in [-0.39, 0.29) is 0 Å². The lowest BCUT2D eigenvalue weighted by Gasteiger charge is -2.36. The monoisotopic (exact) mass is 199 g/mol. The second kappa shape index (κ2) is 3.80. The van der Waals surface area contributed by atoms with Crippen LogP contribution in [0.3, 0.4) is 0 Å². The molecule has 0 saturated carbocycles. The van der Waals surface area contributed by atoms with Gasteiger partial charge in [-0.1, -0.05) is 6.92 Å². The highest BCUT2D eigenvalue weighted by Crippen LogP contribution is 2.27. The van der Waals surface area contributed by atoms with Crippen molar-refractivity contribution in [1.29, 1.82) is 0 Å². The summed E-state index contributed by atoms with van der Waals surface area (Å²) in [5.41, 5.74) is -0.531.